The molecule has 0 aromatic carbocycles. The number of aryl methyl sites for hydroxylation is 1. The second kappa shape index (κ2) is 6.54. The zero-order chi connectivity index (χ0) is 17.3. The highest BCUT2D eigenvalue weighted by atomic mass is 19.4. The van der Waals surface area contributed by atoms with Crippen molar-refractivity contribution in [1.29, 1.82) is 0 Å². The third kappa shape index (κ3) is 3.95. The van der Waals surface area contributed by atoms with Crippen LogP contribution in [0.4, 0.5) is 13.2 Å². The molecule has 6 nitrogen and oxygen atoms in total. The van der Waals surface area contributed by atoms with E-state index in [4.69, 9.17) is 4.42 Å². The molecule has 3 heterocycles. The Morgan fingerprint density at radius 2 is 2.12 bits per heavy atom. The molecule has 0 spiro atoms. The average Bonchev–Trinajstić information content (AvgIpc) is 3.09. The van der Waals surface area contributed by atoms with Gasteiger partial charge in [-0.2, -0.15) is 13.2 Å². The first kappa shape index (κ1) is 16.9. The Hall–Kier alpha value is -1.90. The van der Waals surface area contributed by atoms with Crippen molar-refractivity contribution >= 4 is 0 Å². The van der Waals surface area contributed by atoms with Gasteiger partial charge in [-0.1, -0.05) is 6.92 Å². The van der Waals surface area contributed by atoms with Gasteiger partial charge in [-0.3, -0.25) is 4.90 Å². The number of hydrogen-bond acceptors (Lipinski definition) is 5. The summed E-state index contributed by atoms with van der Waals surface area (Å²) in [6, 6.07) is 3.86. The summed E-state index contributed by atoms with van der Waals surface area (Å²) in [6.45, 7) is 3.91. The number of nitrogens with zero attached hydrogens (tertiary/aromatic N) is 5. The predicted molar refractivity (Wildman–Crippen MR) is 78.9 cm³/mol. The summed E-state index contributed by atoms with van der Waals surface area (Å²) >= 11 is 0. The fourth-order valence-corrected chi connectivity index (χ4v) is 3.12. The lowest BCUT2D eigenvalue weighted by atomic mass is 9.91. The van der Waals surface area contributed by atoms with Gasteiger partial charge in [0.2, 0.25) is 0 Å². The molecule has 9 heteroatoms. The van der Waals surface area contributed by atoms with E-state index in [1.165, 1.54) is 0 Å². The lowest BCUT2D eigenvalue weighted by Gasteiger charge is -2.37. The quantitative estimate of drug-likeness (QED) is 0.854. The molecule has 0 bridgehead atoms. The van der Waals surface area contributed by atoms with E-state index in [9.17, 15) is 13.2 Å². The Kier molecular flexibility index (Phi) is 4.62. The van der Waals surface area contributed by atoms with E-state index < -0.39 is 12.7 Å². The Morgan fingerprint density at radius 3 is 2.79 bits per heavy atom. The van der Waals surface area contributed by atoms with Crippen LogP contribution in [0.25, 0.3) is 0 Å². The minimum atomic E-state index is -4.35. The lowest BCUT2D eigenvalue weighted by molar-refractivity contribution is -0.143. The first-order chi connectivity index (χ1) is 11.3. The van der Waals surface area contributed by atoms with Gasteiger partial charge in [-0.05, 0) is 54.8 Å². The van der Waals surface area contributed by atoms with Crippen LogP contribution in [0.1, 0.15) is 43.2 Å². The van der Waals surface area contributed by atoms with Gasteiger partial charge in [0.15, 0.2) is 5.82 Å². The smallest absolute Gasteiger partial charge is 0.408 e. The van der Waals surface area contributed by atoms with E-state index in [1.54, 1.807) is 0 Å². The molecular formula is C15H20F3N5O. The van der Waals surface area contributed by atoms with Crippen molar-refractivity contribution in [1.82, 2.24) is 25.1 Å². The third-order valence-electron chi connectivity index (χ3n) is 4.34. The second-order valence-electron chi connectivity index (χ2n) is 6.43. The standard InChI is InChI=1S/C15H20F3N5O/c1-10-5-6-22(12(7-10)13-4-3-11(2)24-13)8-14-19-20-21-23(14)9-15(16,17)18/h3-4,10,12H,5-9H2,1-2H3/t10-,12+/m0/s1. The molecule has 2 aromatic heterocycles. The maximum absolute atomic E-state index is 12.6. The van der Waals surface area contributed by atoms with Crippen LogP contribution in [0.2, 0.25) is 0 Å². The second-order valence-corrected chi connectivity index (χ2v) is 6.43. The topological polar surface area (TPSA) is 60.0 Å². The highest BCUT2D eigenvalue weighted by molar-refractivity contribution is 5.11. The van der Waals surface area contributed by atoms with E-state index in [0.717, 1.165) is 35.6 Å². The fraction of sp³-hybridized carbons (Fsp3) is 0.667. The Labute approximate surface area is 137 Å². The van der Waals surface area contributed by atoms with Crippen molar-refractivity contribution in [3.05, 3.63) is 29.5 Å². The molecule has 24 heavy (non-hydrogen) atoms. The van der Waals surface area contributed by atoms with Crippen molar-refractivity contribution in [2.24, 2.45) is 5.92 Å². The number of furan rings is 1. The first-order valence-electron chi connectivity index (χ1n) is 7.94. The van der Waals surface area contributed by atoms with Gasteiger partial charge in [0.1, 0.15) is 18.1 Å². The summed E-state index contributed by atoms with van der Waals surface area (Å²) in [5.74, 6) is 2.41. The molecule has 2 aromatic rings. The van der Waals surface area contributed by atoms with Crippen LogP contribution in [0.15, 0.2) is 16.5 Å². The van der Waals surface area contributed by atoms with Gasteiger partial charge >= 0.3 is 6.18 Å². The molecule has 132 valence electrons. The van der Waals surface area contributed by atoms with Crippen LogP contribution in [-0.2, 0) is 13.1 Å². The maximum atomic E-state index is 12.6. The Morgan fingerprint density at radius 1 is 1.33 bits per heavy atom. The number of rotatable bonds is 4. The zero-order valence-corrected chi connectivity index (χ0v) is 13.6. The van der Waals surface area contributed by atoms with Crippen LogP contribution in [0, 0.1) is 12.8 Å². The highest BCUT2D eigenvalue weighted by Gasteiger charge is 2.33. The number of piperidine rings is 1. The summed E-state index contributed by atoms with van der Waals surface area (Å²) in [5, 5.41) is 10.6. The molecule has 1 fully saturated rings. The molecule has 1 saturated heterocycles. The predicted octanol–water partition coefficient (Wildman–Crippen LogP) is 3.11. The first-order valence-corrected chi connectivity index (χ1v) is 7.94. The third-order valence-corrected chi connectivity index (χ3v) is 4.34. The molecule has 0 radical (unpaired) electrons. The lowest BCUT2D eigenvalue weighted by Crippen LogP contribution is -2.36. The number of halogens is 3. The van der Waals surface area contributed by atoms with Gasteiger partial charge in [0.25, 0.3) is 0 Å². The largest absolute Gasteiger partial charge is 0.465 e. The van der Waals surface area contributed by atoms with Crippen molar-refractivity contribution in [3.8, 4) is 0 Å². The fourth-order valence-electron chi connectivity index (χ4n) is 3.12. The monoisotopic (exact) mass is 343 g/mol. The van der Waals surface area contributed by atoms with Crippen LogP contribution in [0.5, 0.6) is 0 Å². The van der Waals surface area contributed by atoms with Gasteiger partial charge < -0.3 is 4.42 Å². The zero-order valence-electron chi connectivity index (χ0n) is 13.6. The number of likely N-dealkylation sites (tertiary alicyclic amines) is 1. The van der Waals surface area contributed by atoms with Gasteiger partial charge in [0, 0.05) is 0 Å². The maximum Gasteiger partial charge on any atom is 0.408 e. The number of tetrazole rings is 1. The molecule has 3 rings (SSSR count). The molecule has 0 saturated carbocycles. The highest BCUT2D eigenvalue weighted by Crippen LogP contribution is 2.35. The van der Waals surface area contributed by atoms with Gasteiger partial charge in [-0.15, -0.1) is 5.10 Å². The van der Waals surface area contributed by atoms with Gasteiger partial charge in [-0.25, -0.2) is 4.68 Å². The molecule has 0 amide bonds. The SMILES string of the molecule is Cc1ccc([C@H]2C[C@@H](C)CCN2Cc2nnnn2CC(F)(F)F)o1. The van der Waals surface area contributed by atoms with E-state index in [0.29, 0.717) is 5.92 Å². The van der Waals surface area contributed by atoms with Crippen LogP contribution < -0.4 is 0 Å². The minimum Gasteiger partial charge on any atom is -0.465 e. The number of aromatic nitrogens is 4. The summed E-state index contributed by atoms with van der Waals surface area (Å²) in [6.07, 6.45) is -2.47. The Bertz CT molecular complexity index is 681. The van der Waals surface area contributed by atoms with E-state index in [2.05, 4.69) is 27.3 Å². The molecular weight excluding hydrogens is 323 g/mol. The molecule has 0 unspecified atom stereocenters. The van der Waals surface area contributed by atoms with Crippen molar-refractivity contribution in [2.75, 3.05) is 6.54 Å². The summed E-state index contributed by atoms with van der Waals surface area (Å²) in [5.41, 5.74) is 0. The molecule has 1 aliphatic heterocycles. The van der Waals surface area contributed by atoms with Crippen LogP contribution >= 0.6 is 0 Å². The summed E-state index contributed by atoms with van der Waals surface area (Å²) in [7, 11) is 0. The number of hydrogen-bond donors (Lipinski definition) is 0. The average molecular weight is 343 g/mol. The van der Waals surface area contributed by atoms with E-state index in [-0.39, 0.29) is 18.4 Å². The normalized spacial score (nSPS) is 22.9. The van der Waals surface area contributed by atoms with Crippen LogP contribution in [-0.4, -0.2) is 37.8 Å². The number of alkyl halides is 3. The summed E-state index contributed by atoms with van der Waals surface area (Å²) in [4.78, 5) is 2.09. The molecule has 1 aliphatic rings. The van der Waals surface area contributed by atoms with Crippen LogP contribution in [0.3, 0.4) is 0 Å². The Balaban J connectivity index is 1.79. The van der Waals surface area contributed by atoms with Crippen molar-refractivity contribution < 1.29 is 17.6 Å². The molecule has 0 aliphatic carbocycles. The minimum absolute atomic E-state index is 0.0264. The molecule has 0 N–H and O–H groups in total. The molecule has 2 atom stereocenters. The van der Waals surface area contributed by atoms with Gasteiger partial charge in [0.05, 0.1) is 12.6 Å². The van der Waals surface area contributed by atoms with Crippen molar-refractivity contribution in [2.45, 2.75) is 52.0 Å². The summed E-state index contributed by atoms with van der Waals surface area (Å²) < 4.78 is 44.5. The van der Waals surface area contributed by atoms with E-state index in [1.807, 2.05) is 19.1 Å². The van der Waals surface area contributed by atoms with Crippen molar-refractivity contribution in [3.63, 3.8) is 0 Å². The van der Waals surface area contributed by atoms with E-state index >= 15 is 0 Å².